The number of aliphatic hydroxyl groups is 1. The van der Waals surface area contributed by atoms with Gasteiger partial charge < -0.3 is 10.4 Å². The number of amides is 1. The minimum atomic E-state index is -0.449. The van der Waals surface area contributed by atoms with Crippen LogP contribution in [0.15, 0.2) is 12.1 Å². The Labute approximate surface area is 120 Å². The van der Waals surface area contributed by atoms with E-state index in [2.05, 4.69) is 11.4 Å². The maximum absolute atomic E-state index is 11.9. The van der Waals surface area contributed by atoms with Gasteiger partial charge in [0.05, 0.1) is 17.7 Å². The monoisotopic (exact) mass is 273 g/mol. The normalized spacial score (nSPS) is 24.4. The third kappa shape index (κ3) is 2.24. The van der Waals surface area contributed by atoms with Crippen molar-refractivity contribution in [3.05, 3.63) is 28.8 Å². The van der Waals surface area contributed by atoms with Crippen molar-refractivity contribution in [3.63, 3.8) is 0 Å². The lowest BCUT2D eigenvalue weighted by Gasteiger charge is -2.28. The van der Waals surface area contributed by atoms with Gasteiger partial charge in [-0.15, -0.1) is 0 Å². The predicted octanol–water partition coefficient (Wildman–Crippen LogP) is 3.66. The van der Waals surface area contributed by atoms with E-state index in [0.29, 0.717) is 5.92 Å². The largest absolute Gasteiger partial charge is 0.388 e. The van der Waals surface area contributed by atoms with Gasteiger partial charge in [-0.3, -0.25) is 4.79 Å². The van der Waals surface area contributed by atoms with Crippen molar-refractivity contribution in [2.75, 3.05) is 5.32 Å². The summed E-state index contributed by atoms with van der Waals surface area (Å²) < 4.78 is 0. The maximum Gasteiger partial charge on any atom is 0.231 e. The first kappa shape index (κ1) is 13.6. The van der Waals surface area contributed by atoms with Crippen molar-refractivity contribution in [2.24, 2.45) is 5.92 Å². The van der Waals surface area contributed by atoms with E-state index < -0.39 is 6.10 Å². The van der Waals surface area contributed by atoms with Gasteiger partial charge in [0.2, 0.25) is 5.91 Å². The van der Waals surface area contributed by atoms with Crippen LogP contribution in [0.5, 0.6) is 0 Å². The van der Waals surface area contributed by atoms with E-state index in [9.17, 15) is 9.90 Å². The Balaban J connectivity index is 1.97. The lowest BCUT2D eigenvalue weighted by Crippen LogP contribution is -2.17. The molecular formula is C17H23NO2. The standard InChI is InChI=1S/C17H23NO2/c1-10-8-13-11(2)17(20)18-15(13)14(9-10)16(19)12-6-4-3-5-7-12/h8-9,11-12,16,19H,3-7H2,1-2H3,(H,18,20). The zero-order valence-corrected chi connectivity index (χ0v) is 12.3. The average molecular weight is 273 g/mol. The molecule has 2 atom stereocenters. The van der Waals surface area contributed by atoms with Gasteiger partial charge >= 0.3 is 0 Å². The number of rotatable bonds is 2. The number of nitrogens with one attached hydrogen (secondary N) is 1. The molecule has 1 fully saturated rings. The first-order valence-corrected chi connectivity index (χ1v) is 7.71. The summed E-state index contributed by atoms with van der Waals surface area (Å²) in [5.74, 6) is 0.271. The molecule has 0 spiro atoms. The van der Waals surface area contributed by atoms with E-state index in [1.54, 1.807) is 0 Å². The molecule has 0 saturated heterocycles. The SMILES string of the molecule is Cc1cc2c(c(C(O)C3CCCCC3)c1)NC(=O)C2C. The molecule has 3 rings (SSSR count). The highest BCUT2D eigenvalue weighted by Crippen LogP contribution is 2.43. The molecule has 2 aliphatic rings. The second-order valence-corrected chi connectivity index (χ2v) is 6.37. The summed E-state index contributed by atoms with van der Waals surface area (Å²) in [5, 5.41) is 13.7. The van der Waals surface area contributed by atoms with Crippen LogP contribution in [-0.2, 0) is 4.79 Å². The number of aliphatic hydroxyl groups excluding tert-OH is 1. The van der Waals surface area contributed by atoms with Gasteiger partial charge in [0, 0.05) is 5.56 Å². The van der Waals surface area contributed by atoms with Crippen LogP contribution >= 0.6 is 0 Å². The summed E-state index contributed by atoms with van der Waals surface area (Å²) in [6, 6.07) is 4.10. The van der Waals surface area contributed by atoms with Crippen molar-refractivity contribution in [1.82, 2.24) is 0 Å². The van der Waals surface area contributed by atoms with Gasteiger partial charge in [0.25, 0.3) is 0 Å². The fourth-order valence-electron chi connectivity index (χ4n) is 3.64. The lowest BCUT2D eigenvalue weighted by atomic mass is 9.81. The predicted molar refractivity (Wildman–Crippen MR) is 79.8 cm³/mol. The Kier molecular flexibility index (Phi) is 3.55. The van der Waals surface area contributed by atoms with Gasteiger partial charge in [-0.05, 0) is 38.2 Å². The number of benzene rings is 1. The molecule has 108 valence electrons. The van der Waals surface area contributed by atoms with Gasteiger partial charge in [-0.2, -0.15) is 0 Å². The highest BCUT2D eigenvalue weighted by atomic mass is 16.3. The zero-order chi connectivity index (χ0) is 14.3. The molecule has 0 radical (unpaired) electrons. The van der Waals surface area contributed by atoms with E-state index in [-0.39, 0.29) is 11.8 Å². The number of carbonyl (C=O) groups excluding carboxylic acids is 1. The topological polar surface area (TPSA) is 49.3 Å². The zero-order valence-electron chi connectivity index (χ0n) is 12.3. The quantitative estimate of drug-likeness (QED) is 0.864. The van der Waals surface area contributed by atoms with Crippen LogP contribution in [-0.4, -0.2) is 11.0 Å². The highest BCUT2D eigenvalue weighted by molar-refractivity contribution is 6.03. The van der Waals surface area contributed by atoms with E-state index in [1.807, 2.05) is 19.9 Å². The Morgan fingerprint density at radius 2 is 1.95 bits per heavy atom. The third-order valence-electron chi connectivity index (χ3n) is 4.87. The Morgan fingerprint density at radius 3 is 2.65 bits per heavy atom. The summed E-state index contributed by atoms with van der Waals surface area (Å²) in [4.78, 5) is 11.9. The molecule has 1 heterocycles. The molecule has 1 amide bonds. The second-order valence-electron chi connectivity index (χ2n) is 6.37. The van der Waals surface area contributed by atoms with Crippen molar-refractivity contribution >= 4 is 11.6 Å². The number of hydrogen-bond acceptors (Lipinski definition) is 2. The Morgan fingerprint density at radius 1 is 1.25 bits per heavy atom. The van der Waals surface area contributed by atoms with Gasteiger partial charge in [-0.1, -0.05) is 37.0 Å². The molecule has 3 heteroatoms. The van der Waals surface area contributed by atoms with Gasteiger partial charge in [-0.25, -0.2) is 0 Å². The Hall–Kier alpha value is -1.35. The molecule has 2 N–H and O–H groups in total. The average Bonchev–Trinajstić information content (AvgIpc) is 2.74. The van der Waals surface area contributed by atoms with E-state index in [4.69, 9.17) is 0 Å². The van der Waals surface area contributed by atoms with Crippen LogP contribution in [0.4, 0.5) is 5.69 Å². The first-order valence-electron chi connectivity index (χ1n) is 7.71. The van der Waals surface area contributed by atoms with Crippen molar-refractivity contribution in [3.8, 4) is 0 Å². The number of carbonyl (C=O) groups is 1. The molecule has 1 aromatic carbocycles. The van der Waals surface area contributed by atoms with Crippen LogP contribution in [0, 0.1) is 12.8 Å². The van der Waals surface area contributed by atoms with Crippen LogP contribution in [0.25, 0.3) is 0 Å². The molecule has 1 saturated carbocycles. The van der Waals surface area contributed by atoms with Crippen molar-refractivity contribution in [2.45, 2.75) is 58.0 Å². The smallest absolute Gasteiger partial charge is 0.231 e. The van der Waals surface area contributed by atoms with Gasteiger partial charge in [0.15, 0.2) is 0 Å². The summed E-state index contributed by atoms with van der Waals surface area (Å²) in [5.41, 5.74) is 3.95. The highest BCUT2D eigenvalue weighted by Gasteiger charge is 2.33. The number of anilines is 1. The molecular weight excluding hydrogens is 250 g/mol. The third-order valence-corrected chi connectivity index (χ3v) is 4.87. The fourth-order valence-corrected chi connectivity index (χ4v) is 3.64. The summed E-state index contributed by atoms with van der Waals surface area (Å²) in [6.07, 6.45) is 5.43. The Bertz CT molecular complexity index is 532. The number of fused-ring (bicyclic) bond motifs is 1. The molecule has 3 nitrogen and oxygen atoms in total. The molecule has 1 aliphatic heterocycles. The molecule has 0 aromatic heterocycles. The van der Waals surface area contributed by atoms with Crippen LogP contribution in [0.2, 0.25) is 0 Å². The molecule has 0 bridgehead atoms. The van der Waals surface area contributed by atoms with E-state index >= 15 is 0 Å². The van der Waals surface area contributed by atoms with Crippen molar-refractivity contribution < 1.29 is 9.90 Å². The summed E-state index contributed by atoms with van der Waals surface area (Å²) in [6.45, 7) is 3.96. The molecule has 1 aromatic rings. The summed E-state index contributed by atoms with van der Waals surface area (Å²) >= 11 is 0. The summed E-state index contributed by atoms with van der Waals surface area (Å²) in [7, 11) is 0. The van der Waals surface area contributed by atoms with E-state index in [1.165, 1.54) is 19.3 Å². The minimum absolute atomic E-state index is 0.0442. The van der Waals surface area contributed by atoms with Crippen LogP contribution in [0.1, 0.15) is 67.7 Å². The first-order chi connectivity index (χ1) is 9.58. The minimum Gasteiger partial charge on any atom is -0.388 e. The molecule has 20 heavy (non-hydrogen) atoms. The fraction of sp³-hybridized carbons (Fsp3) is 0.588. The lowest BCUT2D eigenvalue weighted by molar-refractivity contribution is -0.116. The van der Waals surface area contributed by atoms with E-state index in [0.717, 1.165) is 35.2 Å². The molecule has 2 unspecified atom stereocenters. The van der Waals surface area contributed by atoms with Gasteiger partial charge in [0.1, 0.15) is 0 Å². The van der Waals surface area contributed by atoms with Crippen LogP contribution in [0.3, 0.4) is 0 Å². The maximum atomic E-state index is 11.9. The van der Waals surface area contributed by atoms with Crippen molar-refractivity contribution in [1.29, 1.82) is 0 Å². The number of hydrogen-bond donors (Lipinski definition) is 2. The van der Waals surface area contributed by atoms with Crippen LogP contribution < -0.4 is 5.32 Å². The molecule has 1 aliphatic carbocycles. The second kappa shape index (κ2) is 5.21. The number of aryl methyl sites for hydroxylation is 1.